The molecule has 0 bridgehead atoms. The number of fused-ring (bicyclic) bond motifs is 1. The second-order valence-corrected chi connectivity index (χ2v) is 7.45. The first-order chi connectivity index (χ1) is 14.6. The number of piperidine rings is 1. The molecule has 3 aromatic heterocycles. The number of carbonyl (C=O) groups is 2. The zero-order valence-electron chi connectivity index (χ0n) is 17.2. The van der Waals surface area contributed by atoms with Crippen molar-refractivity contribution in [2.75, 3.05) is 40.4 Å². The molecule has 0 N–H and O–H groups in total. The zero-order valence-corrected chi connectivity index (χ0v) is 17.2. The molecular formula is C21H25N5O4. The van der Waals surface area contributed by atoms with E-state index in [1.165, 1.54) is 12.5 Å². The second-order valence-electron chi connectivity index (χ2n) is 7.45. The number of ether oxygens (including phenoxy) is 1. The van der Waals surface area contributed by atoms with Crippen LogP contribution in [0.4, 0.5) is 0 Å². The number of furan rings is 1. The predicted molar refractivity (Wildman–Crippen MR) is 108 cm³/mol. The van der Waals surface area contributed by atoms with Crippen LogP contribution >= 0.6 is 0 Å². The van der Waals surface area contributed by atoms with Crippen molar-refractivity contribution in [1.29, 1.82) is 0 Å². The number of likely N-dealkylation sites (N-methyl/N-ethyl adjacent to an activating group) is 1. The summed E-state index contributed by atoms with van der Waals surface area (Å²) in [6.07, 6.45) is 8.04. The first-order valence-electron chi connectivity index (χ1n) is 9.98. The molecule has 1 fully saturated rings. The van der Waals surface area contributed by atoms with Crippen LogP contribution in [0.3, 0.4) is 0 Å². The molecular weight excluding hydrogens is 386 g/mol. The molecule has 9 heteroatoms. The number of imidazole rings is 1. The fourth-order valence-corrected chi connectivity index (χ4v) is 3.86. The van der Waals surface area contributed by atoms with Crippen molar-refractivity contribution in [3.8, 4) is 0 Å². The minimum absolute atomic E-state index is 0.00307. The van der Waals surface area contributed by atoms with Crippen LogP contribution in [0, 0.1) is 0 Å². The molecule has 0 spiro atoms. The van der Waals surface area contributed by atoms with E-state index in [4.69, 9.17) is 9.15 Å². The van der Waals surface area contributed by atoms with E-state index < -0.39 is 0 Å². The number of aromatic nitrogens is 3. The lowest BCUT2D eigenvalue weighted by atomic mass is 9.93. The summed E-state index contributed by atoms with van der Waals surface area (Å²) in [5.41, 5.74) is 2.53. The third-order valence-corrected chi connectivity index (χ3v) is 5.61. The molecule has 1 aliphatic rings. The highest BCUT2D eigenvalue weighted by molar-refractivity contribution is 5.97. The van der Waals surface area contributed by atoms with Crippen LogP contribution in [0.2, 0.25) is 0 Å². The van der Waals surface area contributed by atoms with Crippen molar-refractivity contribution in [3.05, 3.63) is 54.1 Å². The Morgan fingerprint density at radius 3 is 2.77 bits per heavy atom. The number of likely N-dealkylation sites (tertiary alicyclic amines) is 1. The predicted octanol–water partition coefficient (Wildman–Crippen LogP) is 2.06. The van der Waals surface area contributed by atoms with Crippen LogP contribution in [0.25, 0.3) is 5.65 Å². The van der Waals surface area contributed by atoms with Crippen molar-refractivity contribution < 1.29 is 18.7 Å². The van der Waals surface area contributed by atoms with Crippen LogP contribution in [0.5, 0.6) is 0 Å². The number of methoxy groups -OCH3 is 1. The van der Waals surface area contributed by atoms with E-state index in [1.54, 1.807) is 37.6 Å². The highest BCUT2D eigenvalue weighted by atomic mass is 16.5. The van der Waals surface area contributed by atoms with Gasteiger partial charge in [-0.1, -0.05) is 0 Å². The van der Waals surface area contributed by atoms with Gasteiger partial charge in [0.05, 0.1) is 18.4 Å². The van der Waals surface area contributed by atoms with E-state index in [9.17, 15) is 9.59 Å². The first-order valence-corrected chi connectivity index (χ1v) is 9.98. The fourth-order valence-electron chi connectivity index (χ4n) is 3.86. The molecule has 0 unspecified atom stereocenters. The number of amides is 2. The van der Waals surface area contributed by atoms with Gasteiger partial charge in [-0.05, 0) is 25.0 Å². The maximum atomic E-state index is 12.7. The Balaban J connectivity index is 1.50. The largest absolute Gasteiger partial charge is 0.472 e. The normalized spacial score (nSPS) is 14.9. The molecule has 158 valence electrons. The molecule has 30 heavy (non-hydrogen) atoms. The third-order valence-electron chi connectivity index (χ3n) is 5.61. The molecule has 4 heterocycles. The SMILES string of the molecule is COCCN(C)C(=O)c1ncn2c(C3CCN(C(=O)c4ccoc4)CC3)ccnc12. The quantitative estimate of drug-likeness (QED) is 0.616. The van der Waals surface area contributed by atoms with Gasteiger partial charge in [-0.15, -0.1) is 0 Å². The van der Waals surface area contributed by atoms with Crippen LogP contribution in [-0.4, -0.2) is 76.4 Å². The Morgan fingerprint density at radius 2 is 2.07 bits per heavy atom. The monoisotopic (exact) mass is 411 g/mol. The van der Waals surface area contributed by atoms with Crippen LogP contribution < -0.4 is 0 Å². The Kier molecular flexibility index (Phi) is 5.80. The summed E-state index contributed by atoms with van der Waals surface area (Å²) >= 11 is 0. The van der Waals surface area contributed by atoms with Gasteiger partial charge in [-0.2, -0.15) is 0 Å². The number of rotatable bonds is 6. The molecule has 4 rings (SSSR count). The Bertz CT molecular complexity index is 1020. The Hall–Kier alpha value is -3.20. The van der Waals surface area contributed by atoms with E-state index in [0.29, 0.717) is 43.1 Å². The average molecular weight is 411 g/mol. The smallest absolute Gasteiger partial charge is 0.276 e. The minimum atomic E-state index is -0.181. The van der Waals surface area contributed by atoms with Crippen LogP contribution in [0.1, 0.15) is 45.3 Å². The highest BCUT2D eigenvalue weighted by Gasteiger charge is 2.27. The topological polar surface area (TPSA) is 93.2 Å². The summed E-state index contributed by atoms with van der Waals surface area (Å²) in [5, 5.41) is 0. The standard InChI is InChI=1S/C21H25N5O4/c1-24(10-12-29-2)21(28)18-19-22-7-3-17(26(19)14-23-18)15-4-8-25(9-5-15)20(27)16-6-11-30-13-16/h3,6-7,11,13-15H,4-5,8-10,12H2,1-2H3. The van der Waals surface area contributed by atoms with Gasteiger partial charge < -0.3 is 19.0 Å². The lowest BCUT2D eigenvalue weighted by Gasteiger charge is -2.32. The van der Waals surface area contributed by atoms with E-state index in [1.807, 2.05) is 15.4 Å². The molecule has 0 radical (unpaired) electrons. The Labute approximate surface area is 174 Å². The van der Waals surface area contributed by atoms with Gasteiger partial charge in [0.1, 0.15) is 12.6 Å². The van der Waals surface area contributed by atoms with E-state index in [2.05, 4.69) is 9.97 Å². The maximum Gasteiger partial charge on any atom is 0.276 e. The van der Waals surface area contributed by atoms with Crippen molar-refractivity contribution in [1.82, 2.24) is 24.2 Å². The average Bonchev–Trinajstić information content (AvgIpc) is 3.46. The minimum Gasteiger partial charge on any atom is -0.472 e. The van der Waals surface area contributed by atoms with Gasteiger partial charge in [0.25, 0.3) is 11.8 Å². The summed E-state index contributed by atoms with van der Waals surface area (Å²) in [6.45, 7) is 2.28. The van der Waals surface area contributed by atoms with Crippen LogP contribution in [0.15, 0.2) is 41.6 Å². The summed E-state index contributed by atoms with van der Waals surface area (Å²) < 4.78 is 12.0. The van der Waals surface area contributed by atoms with Gasteiger partial charge in [0.15, 0.2) is 11.3 Å². The van der Waals surface area contributed by atoms with Crippen molar-refractivity contribution in [2.45, 2.75) is 18.8 Å². The third kappa shape index (κ3) is 3.80. The second kappa shape index (κ2) is 8.66. The van der Waals surface area contributed by atoms with Gasteiger partial charge >= 0.3 is 0 Å². The van der Waals surface area contributed by atoms with Gasteiger partial charge in [-0.25, -0.2) is 9.97 Å². The molecule has 3 aromatic rings. The molecule has 0 aliphatic carbocycles. The van der Waals surface area contributed by atoms with Gasteiger partial charge in [-0.3, -0.25) is 14.0 Å². The molecule has 9 nitrogen and oxygen atoms in total. The number of carbonyl (C=O) groups excluding carboxylic acids is 2. The molecule has 0 aromatic carbocycles. The number of hydrogen-bond acceptors (Lipinski definition) is 6. The first kappa shape index (κ1) is 20.1. The van der Waals surface area contributed by atoms with Gasteiger partial charge in [0, 0.05) is 51.6 Å². The fraction of sp³-hybridized carbons (Fsp3) is 0.429. The van der Waals surface area contributed by atoms with E-state index in [0.717, 1.165) is 18.5 Å². The summed E-state index contributed by atoms with van der Waals surface area (Å²) in [5.74, 6) is 0.0729. The summed E-state index contributed by atoms with van der Waals surface area (Å²) in [6, 6.07) is 3.66. The molecule has 1 aliphatic heterocycles. The maximum absolute atomic E-state index is 12.7. The number of hydrogen-bond donors (Lipinski definition) is 0. The lowest BCUT2D eigenvalue weighted by molar-refractivity contribution is 0.0709. The highest BCUT2D eigenvalue weighted by Crippen LogP contribution is 2.29. The van der Waals surface area contributed by atoms with E-state index >= 15 is 0 Å². The van der Waals surface area contributed by atoms with E-state index in [-0.39, 0.29) is 17.7 Å². The summed E-state index contributed by atoms with van der Waals surface area (Å²) in [4.78, 5) is 37.5. The van der Waals surface area contributed by atoms with Crippen LogP contribution in [-0.2, 0) is 4.74 Å². The zero-order chi connectivity index (χ0) is 21.1. The lowest BCUT2D eigenvalue weighted by Crippen LogP contribution is -2.38. The summed E-state index contributed by atoms with van der Waals surface area (Å²) in [7, 11) is 3.33. The molecule has 0 saturated carbocycles. The van der Waals surface area contributed by atoms with Crippen molar-refractivity contribution in [3.63, 3.8) is 0 Å². The number of nitrogens with zero attached hydrogens (tertiary/aromatic N) is 5. The molecule has 2 amide bonds. The van der Waals surface area contributed by atoms with Crippen molar-refractivity contribution in [2.24, 2.45) is 0 Å². The molecule has 1 saturated heterocycles. The van der Waals surface area contributed by atoms with Crippen molar-refractivity contribution >= 4 is 17.5 Å². The Morgan fingerprint density at radius 1 is 1.27 bits per heavy atom. The van der Waals surface area contributed by atoms with Gasteiger partial charge in [0.2, 0.25) is 0 Å². The molecule has 0 atom stereocenters.